The third-order valence-electron chi connectivity index (χ3n) is 2.23. The third-order valence-corrected chi connectivity index (χ3v) is 2.23. The number of ether oxygens (including phenoxy) is 1. The fourth-order valence-corrected chi connectivity index (χ4v) is 1.43. The van der Waals surface area contributed by atoms with Crippen LogP contribution in [0.25, 0.3) is 0 Å². The first-order chi connectivity index (χ1) is 4.97. The van der Waals surface area contributed by atoms with Crippen LogP contribution in [0.15, 0.2) is 12.2 Å². The Labute approximate surface area is 61.5 Å². The van der Waals surface area contributed by atoms with Crippen LogP contribution in [0.5, 0.6) is 0 Å². The van der Waals surface area contributed by atoms with Crippen molar-refractivity contribution in [3.63, 3.8) is 0 Å². The minimum atomic E-state index is 0.727. The number of hydrogen-bond donors (Lipinski definition) is 0. The molecule has 1 fully saturated rings. The highest BCUT2D eigenvalue weighted by Gasteiger charge is 2.25. The molecule has 0 aromatic carbocycles. The zero-order valence-electron chi connectivity index (χ0n) is 6.12. The van der Waals surface area contributed by atoms with Crippen LogP contribution in [0.3, 0.4) is 0 Å². The lowest BCUT2D eigenvalue weighted by Crippen LogP contribution is -2.50. The number of hydrogen-bond acceptors (Lipinski definition) is 2. The summed E-state index contributed by atoms with van der Waals surface area (Å²) in [5.41, 5.74) is 0. The van der Waals surface area contributed by atoms with E-state index in [0.717, 1.165) is 25.8 Å². The van der Waals surface area contributed by atoms with Crippen LogP contribution in [-0.4, -0.2) is 37.2 Å². The summed E-state index contributed by atoms with van der Waals surface area (Å²) in [4.78, 5) is 2.49. The van der Waals surface area contributed by atoms with Crippen molar-refractivity contribution < 1.29 is 4.74 Å². The van der Waals surface area contributed by atoms with Crippen molar-refractivity contribution in [3.05, 3.63) is 12.2 Å². The summed E-state index contributed by atoms with van der Waals surface area (Å²) in [5.74, 6) is 0. The average molecular weight is 139 g/mol. The van der Waals surface area contributed by atoms with Gasteiger partial charge >= 0.3 is 0 Å². The summed E-state index contributed by atoms with van der Waals surface area (Å²) < 4.78 is 5.12. The molecule has 2 aliphatic heterocycles. The lowest BCUT2D eigenvalue weighted by molar-refractivity contribution is -0.0616. The molecule has 2 heteroatoms. The van der Waals surface area contributed by atoms with Crippen molar-refractivity contribution in [2.75, 3.05) is 26.3 Å². The van der Waals surface area contributed by atoms with Gasteiger partial charge in [0.2, 0.25) is 0 Å². The predicted octanol–water partition coefficient (Wildman–Crippen LogP) is 0.647. The molecule has 56 valence electrons. The molecule has 0 atom stereocenters. The number of rotatable bonds is 1. The first-order valence-corrected chi connectivity index (χ1v) is 3.93. The minimum absolute atomic E-state index is 0.727. The Morgan fingerprint density at radius 3 is 2.70 bits per heavy atom. The zero-order chi connectivity index (χ0) is 6.81. The Bertz CT molecular complexity index is 140. The first-order valence-electron chi connectivity index (χ1n) is 3.93. The molecule has 0 spiro atoms. The molecule has 0 aliphatic carbocycles. The van der Waals surface area contributed by atoms with E-state index in [9.17, 15) is 0 Å². The lowest BCUT2D eigenvalue weighted by atomic mass is 10.1. The Morgan fingerprint density at radius 2 is 2.20 bits per heavy atom. The second-order valence-electron chi connectivity index (χ2n) is 2.95. The third kappa shape index (κ3) is 1.09. The molecule has 1 saturated heterocycles. The van der Waals surface area contributed by atoms with Gasteiger partial charge in [0.1, 0.15) is 0 Å². The Balaban J connectivity index is 1.86. The van der Waals surface area contributed by atoms with Crippen LogP contribution in [0, 0.1) is 0 Å². The van der Waals surface area contributed by atoms with E-state index in [-0.39, 0.29) is 0 Å². The molecule has 0 amide bonds. The molecule has 0 unspecified atom stereocenters. The molecule has 0 N–H and O–H groups in total. The topological polar surface area (TPSA) is 12.5 Å². The van der Waals surface area contributed by atoms with Gasteiger partial charge in [0.25, 0.3) is 0 Å². The van der Waals surface area contributed by atoms with Crippen LogP contribution in [0.1, 0.15) is 6.42 Å². The monoisotopic (exact) mass is 139 g/mol. The fourth-order valence-electron chi connectivity index (χ4n) is 1.43. The fraction of sp³-hybridized carbons (Fsp3) is 0.750. The van der Waals surface area contributed by atoms with Gasteiger partial charge in [-0.05, 0) is 6.42 Å². The standard InChI is InChI=1S/C8H13NO/c1-2-4-9(5-3-1)8-6-10-7-8/h1-2,8H,3-7H2. The molecule has 0 saturated carbocycles. The molecule has 2 heterocycles. The van der Waals surface area contributed by atoms with E-state index in [1.165, 1.54) is 13.0 Å². The van der Waals surface area contributed by atoms with Crippen molar-refractivity contribution in [1.29, 1.82) is 0 Å². The minimum Gasteiger partial charge on any atom is -0.378 e. The summed E-state index contributed by atoms with van der Waals surface area (Å²) in [6, 6.07) is 0.727. The zero-order valence-corrected chi connectivity index (χ0v) is 6.12. The van der Waals surface area contributed by atoms with Gasteiger partial charge in [0, 0.05) is 13.1 Å². The predicted molar refractivity (Wildman–Crippen MR) is 39.9 cm³/mol. The number of nitrogens with zero attached hydrogens (tertiary/aromatic N) is 1. The van der Waals surface area contributed by atoms with E-state index in [1.807, 2.05) is 0 Å². The summed E-state index contributed by atoms with van der Waals surface area (Å²) in [5, 5.41) is 0. The van der Waals surface area contributed by atoms with Crippen LogP contribution in [-0.2, 0) is 4.74 Å². The molecule has 2 rings (SSSR count). The van der Waals surface area contributed by atoms with Gasteiger partial charge in [-0.25, -0.2) is 0 Å². The second kappa shape index (κ2) is 2.72. The van der Waals surface area contributed by atoms with Gasteiger partial charge in [0.05, 0.1) is 19.3 Å². The molecule has 0 bridgehead atoms. The van der Waals surface area contributed by atoms with E-state index in [1.54, 1.807) is 0 Å². The van der Waals surface area contributed by atoms with E-state index >= 15 is 0 Å². The highest BCUT2D eigenvalue weighted by Crippen LogP contribution is 2.13. The van der Waals surface area contributed by atoms with Gasteiger partial charge in [-0.15, -0.1) is 0 Å². The van der Waals surface area contributed by atoms with E-state index in [0.29, 0.717) is 0 Å². The summed E-state index contributed by atoms with van der Waals surface area (Å²) in [6.07, 6.45) is 5.73. The Morgan fingerprint density at radius 1 is 1.30 bits per heavy atom. The van der Waals surface area contributed by atoms with E-state index < -0.39 is 0 Å². The van der Waals surface area contributed by atoms with E-state index in [2.05, 4.69) is 17.1 Å². The van der Waals surface area contributed by atoms with Gasteiger partial charge in [-0.3, -0.25) is 4.90 Å². The van der Waals surface area contributed by atoms with Crippen LogP contribution < -0.4 is 0 Å². The van der Waals surface area contributed by atoms with E-state index in [4.69, 9.17) is 4.74 Å². The van der Waals surface area contributed by atoms with Crippen molar-refractivity contribution >= 4 is 0 Å². The molecular formula is C8H13NO. The van der Waals surface area contributed by atoms with Gasteiger partial charge in [0.15, 0.2) is 0 Å². The maximum Gasteiger partial charge on any atom is 0.0645 e. The van der Waals surface area contributed by atoms with Crippen LogP contribution in [0.2, 0.25) is 0 Å². The largest absolute Gasteiger partial charge is 0.378 e. The van der Waals surface area contributed by atoms with Crippen molar-refractivity contribution in [2.45, 2.75) is 12.5 Å². The maximum atomic E-state index is 5.12. The van der Waals surface area contributed by atoms with Crippen molar-refractivity contribution in [1.82, 2.24) is 4.90 Å². The van der Waals surface area contributed by atoms with Crippen LogP contribution in [0.4, 0.5) is 0 Å². The molecule has 0 aromatic rings. The molecule has 10 heavy (non-hydrogen) atoms. The normalized spacial score (nSPS) is 28.4. The lowest BCUT2D eigenvalue weighted by Gasteiger charge is -2.37. The quantitative estimate of drug-likeness (QED) is 0.494. The molecular weight excluding hydrogens is 126 g/mol. The highest BCUT2D eigenvalue weighted by atomic mass is 16.5. The summed E-state index contributed by atoms with van der Waals surface area (Å²) in [7, 11) is 0. The maximum absolute atomic E-state index is 5.12. The molecule has 2 aliphatic rings. The Kier molecular flexibility index (Phi) is 1.74. The van der Waals surface area contributed by atoms with Crippen molar-refractivity contribution in [2.24, 2.45) is 0 Å². The first kappa shape index (κ1) is 6.38. The van der Waals surface area contributed by atoms with Gasteiger partial charge < -0.3 is 4.74 Å². The van der Waals surface area contributed by atoms with Gasteiger partial charge in [-0.1, -0.05) is 12.2 Å². The smallest absolute Gasteiger partial charge is 0.0645 e. The second-order valence-corrected chi connectivity index (χ2v) is 2.95. The summed E-state index contributed by atoms with van der Waals surface area (Å²) >= 11 is 0. The Hall–Kier alpha value is -0.340. The SMILES string of the molecule is C1=CCN(C2COC2)CC1. The highest BCUT2D eigenvalue weighted by molar-refractivity contribution is 4.94. The molecule has 2 nitrogen and oxygen atoms in total. The van der Waals surface area contributed by atoms with Gasteiger partial charge in [-0.2, -0.15) is 0 Å². The summed E-state index contributed by atoms with van der Waals surface area (Å²) in [6.45, 7) is 4.26. The van der Waals surface area contributed by atoms with Crippen molar-refractivity contribution in [3.8, 4) is 0 Å². The van der Waals surface area contributed by atoms with Crippen LogP contribution >= 0.6 is 0 Å². The molecule has 0 aromatic heterocycles. The average Bonchev–Trinajstić information content (AvgIpc) is 1.86. The molecule has 0 radical (unpaired) electrons.